The Labute approximate surface area is 58.3 Å². The molecule has 3 nitrogen and oxygen atoms in total. The SMILES string of the molecule is O=C(O)C1=C2COC(C2)C1. The lowest BCUT2D eigenvalue weighted by molar-refractivity contribution is -0.133. The van der Waals surface area contributed by atoms with Gasteiger partial charge in [-0.3, -0.25) is 0 Å². The highest BCUT2D eigenvalue weighted by molar-refractivity contribution is 5.88. The van der Waals surface area contributed by atoms with Gasteiger partial charge in [0.25, 0.3) is 0 Å². The van der Waals surface area contributed by atoms with Crippen LogP contribution in [0.3, 0.4) is 0 Å². The van der Waals surface area contributed by atoms with Crippen LogP contribution in [0.2, 0.25) is 0 Å². The summed E-state index contributed by atoms with van der Waals surface area (Å²) in [6.45, 7) is 0.548. The molecule has 1 unspecified atom stereocenters. The number of rotatable bonds is 1. The lowest BCUT2D eigenvalue weighted by atomic mass is 10.1. The molecule has 2 aliphatic rings. The summed E-state index contributed by atoms with van der Waals surface area (Å²) in [5.41, 5.74) is 1.59. The second kappa shape index (κ2) is 1.83. The summed E-state index contributed by atoms with van der Waals surface area (Å²) in [6, 6.07) is 0. The topological polar surface area (TPSA) is 46.5 Å². The fourth-order valence-corrected chi connectivity index (χ4v) is 1.56. The van der Waals surface area contributed by atoms with E-state index in [1.165, 1.54) is 0 Å². The molecule has 0 spiro atoms. The van der Waals surface area contributed by atoms with Gasteiger partial charge in [-0.05, 0) is 12.0 Å². The number of ether oxygens (including phenoxy) is 1. The first-order valence-electron chi connectivity index (χ1n) is 3.33. The Kier molecular flexibility index (Phi) is 1.08. The molecule has 10 heavy (non-hydrogen) atoms. The highest BCUT2D eigenvalue weighted by Gasteiger charge is 2.33. The molecule has 1 aliphatic carbocycles. The van der Waals surface area contributed by atoms with Crippen LogP contribution in [0.1, 0.15) is 12.8 Å². The van der Waals surface area contributed by atoms with E-state index in [1.54, 1.807) is 0 Å². The average Bonchev–Trinajstić information content (AvgIpc) is 2.44. The number of hydrogen-bond donors (Lipinski definition) is 1. The monoisotopic (exact) mass is 140 g/mol. The van der Waals surface area contributed by atoms with E-state index in [-0.39, 0.29) is 6.10 Å². The van der Waals surface area contributed by atoms with Gasteiger partial charge in [-0.15, -0.1) is 0 Å². The molecule has 1 saturated heterocycles. The predicted molar refractivity (Wildman–Crippen MR) is 33.6 cm³/mol. The number of carboxylic acids is 1. The van der Waals surface area contributed by atoms with Gasteiger partial charge < -0.3 is 9.84 Å². The van der Waals surface area contributed by atoms with Crippen molar-refractivity contribution in [1.82, 2.24) is 0 Å². The number of aliphatic carboxylic acids is 1. The minimum absolute atomic E-state index is 0.182. The first kappa shape index (κ1) is 5.92. The van der Waals surface area contributed by atoms with Gasteiger partial charge in [0.05, 0.1) is 12.7 Å². The van der Waals surface area contributed by atoms with Crippen LogP contribution in [-0.2, 0) is 9.53 Å². The van der Waals surface area contributed by atoms with E-state index in [9.17, 15) is 4.79 Å². The van der Waals surface area contributed by atoms with Crippen LogP contribution < -0.4 is 0 Å². The van der Waals surface area contributed by atoms with E-state index in [0.717, 1.165) is 12.0 Å². The quantitative estimate of drug-likeness (QED) is 0.578. The van der Waals surface area contributed by atoms with Gasteiger partial charge >= 0.3 is 5.97 Å². The smallest absolute Gasteiger partial charge is 0.331 e. The molecule has 0 aromatic heterocycles. The van der Waals surface area contributed by atoms with Crippen molar-refractivity contribution in [3.8, 4) is 0 Å². The molecule has 2 rings (SSSR count). The van der Waals surface area contributed by atoms with Crippen molar-refractivity contribution >= 4 is 5.97 Å². The molecule has 1 atom stereocenters. The molecule has 0 radical (unpaired) electrons. The van der Waals surface area contributed by atoms with E-state index in [0.29, 0.717) is 18.6 Å². The molecular formula is C7H8O3. The first-order chi connectivity index (χ1) is 4.77. The zero-order valence-electron chi connectivity index (χ0n) is 5.46. The highest BCUT2D eigenvalue weighted by Crippen LogP contribution is 2.34. The summed E-state index contributed by atoms with van der Waals surface area (Å²) in [5, 5.41) is 8.62. The summed E-state index contributed by atoms with van der Waals surface area (Å²) in [5.74, 6) is -0.763. The van der Waals surface area contributed by atoms with Crippen LogP contribution in [0, 0.1) is 0 Å². The van der Waals surface area contributed by atoms with Gasteiger partial charge in [-0.2, -0.15) is 0 Å². The van der Waals surface area contributed by atoms with Crippen LogP contribution in [0.5, 0.6) is 0 Å². The molecule has 0 aromatic carbocycles. The Hall–Kier alpha value is -0.830. The van der Waals surface area contributed by atoms with Crippen molar-refractivity contribution in [2.24, 2.45) is 0 Å². The Morgan fingerprint density at radius 1 is 1.60 bits per heavy atom. The summed E-state index contributed by atoms with van der Waals surface area (Å²) in [7, 11) is 0. The average molecular weight is 140 g/mol. The van der Waals surface area contributed by atoms with Gasteiger partial charge in [0.2, 0.25) is 0 Å². The third-order valence-electron chi connectivity index (χ3n) is 2.08. The van der Waals surface area contributed by atoms with Crippen molar-refractivity contribution in [2.75, 3.05) is 6.61 Å². The van der Waals surface area contributed by atoms with Crippen LogP contribution >= 0.6 is 0 Å². The number of fused-ring (bicyclic) bond motifs is 2. The summed E-state index contributed by atoms with van der Waals surface area (Å²) in [6.07, 6.45) is 1.65. The molecule has 3 heteroatoms. The Balaban J connectivity index is 2.30. The normalized spacial score (nSPS) is 29.8. The van der Waals surface area contributed by atoms with Crippen molar-refractivity contribution < 1.29 is 14.6 Å². The van der Waals surface area contributed by atoms with Gasteiger partial charge in [0.15, 0.2) is 0 Å². The maximum atomic E-state index is 10.5. The molecule has 0 saturated carbocycles. The summed E-state index contributed by atoms with van der Waals surface area (Å²) >= 11 is 0. The van der Waals surface area contributed by atoms with Crippen LogP contribution in [-0.4, -0.2) is 23.8 Å². The van der Waals surface area contributed by atoms with Crippen LogP contribution in [0.15, 0.2) is 11.1 Å². The zero-order chi connectivity index (χ0) is 7.14. The molecule has 1 aliphatic heterocycles. The zero-order valence-corrected chi connectivity index (χ0v) is 5.46. The predicted octanol–water partition coefficient (Wildman–Crippen LogP) is 0.560. The maximum Gasteiger partial charge on any atom is 0.331 e. The number of carboxylic acid groups (broad SMARTS) is 1. The molecule has 1 heterocycles. The lowest BCUT2D eigenvalue weighted by Crippen LogP contribution is -2.11. The highest BCUT2D eigenvalue weighted by atomic mass is 16.5. The van der Waals surface area contributed by atoms with Crippen molar-refractivity contribution in [1.29, 1.82) is 0 Å². The van der Waals surface area contributed by atoms with Crippen molar-refractivity contribution in [3.63, 3.8) is 0 Å². The van der Waals surface area contributed by atoms with E-state index < -0.39 is 5.97 Å². The summed E-state index contributed by atoms with van der Waals surface area (Å²) < 4.78 is 5.21. The Morgan fingerprint density at radius 2 is 2.40 bits per heavy atom. The lowest BCUT2D eigenvalue weighted by Gasteiger charge is -2.08. The van der Waals surface area contributed by atoms with Crippen LogP contribution in [0.4, 0.5) is 0 Å². The van der Waals surface area contributed by atoms with Crippen LogP contribution in [0.25, 0.3) is 0 Å². The van der Waals surface area contributed by atoms with E-state index >= 15 is 0 Å². The third-order valence-corrected chi connectivity index (χ3v) is 2.08. The molecule has 0 aromatic rings. The molecule has 1 N–H and O–H groups in total. The van der Waals surface area contributed by atoms with E-state index in [2.05, 4.69) is 0 Å². The van der Waals surface area contributed by atoms with Gasteiger partial charge in [-0.1, -0.05) is 0 Å². The van der Waals surface area contributed by atoms with E-state index in [4.69, 9.17) is 9.84 Å². The fourth-order valence-electron chi connectivity index (χ4n) is 1.56. The molecule has 2 bridgehead atoms. The minimum Gasteiger partial charge on any atom is -0.478 e. The second-order valence-electron chi connectivity index (χ2n) is 2.73. The fraction of sp³-hybridized carbons (Fsp3) is 0.571. The Morgan fingerprint density at radius 3 is 2.70 bits per heavy atom. The summed E-state index contributed by atoms with van der Waals surface area (Å²) in [4.78, 5) is 10.5. The van der Waals surface area contributed by atoms with Crippen molar-refractivity contribution in [3.05, 3.63) is 11.1 Å². The van der Waals surface area contributed by atoms with Gasteiger partial charge in [-0.25, -0.2) is 4.79 Å². The second-order valence-corrected chi connectivity index (χ2v) is 2.73. The minimum atomic E-state index is -0.763. The van der Waals surface area contributed by atoms with Gasteiger partial charge in [0.1, 0.15) is 0 Å². The third kappa shape index (κ3) is 0.671. The largest absolute Gasteiger partial charge is 0.478 e. The first-order valence-corrected chi connectivity index (χ1v) is 3.33. The number of hydrogen-bond acceptors (Lipinski definition) is 2. The maximum absolute atomic E-state index is 10.5. The van der Waals surface area contributed by atoms with Crippen molar-refractivity contribution in [2.45, 2.75) is 18.9 Å². The molecular weight excluding hydrogens is 132 g/mol. The van der Waals surface area contributed by atoms with Gasteiger partial charge in [0, 0.05) is 12.0 Å². The Bertz CT molecular complexity index is 217. The molecule has 0 amide bonds. The number of carbonyl (C=O) groups is 1. The standard InChI is InChI=1S/C7H8O3/c8-7(9)6-2-5-1-4(6)3-10-5/h5H,1-3H2,(H,8,9). The molecule has 54 valence electrons. The van der Waals surface area contributed by atoms with E-state index in [1.807, 2.05) is 0 Å². The molecule has 1 fully saturated rings.